The third-order valence-electron chi connectivity index (χ3n) is 3.90. The van der Waals surface area contributed by atoms with Crippen LogP contribution in [0.1, 0.15) is 29.0 Å². The van der Waals surface area contributed by atoms with Crippen molar-refractivity contribution in [2.45, 2.75) is 19.5 Å². The van der Waals surface area contributed by atoms with E-state index in [1.807, 2.05) is 6.92 Å². The lowest BCUT2D eigenvalue weighted by molar-refractivity contribution is -0.128. The Labute approximate surface area is 143 Å². The molecule has 24 heavy (non-hydrogen) atoms. The van der Waals surface area contributed by atoms with Gasteiger partial charge in [0.05, 0.1) is 5.02 Å². The highest BCUT2D eigenvalue weighted by atomic mass is 35.5. The maximum absolute atomic E-state index is 13.2. The number of carbonyl (C=O) groups excluding carboxylic acids is 2. The topological polar surface area (TPSA) is 67.2 Å². The molecule has 1 saturated heterocycles. The number of rotatable bonds is 3. The fraction of sp³-hybridized carbons (Fsp3) is 0.312. The predicted molar refractivity (Wildman–Crippen MR) is 86.1 cm³/mol. The molecule has 1 aliphatic heterocycles. The van der Waals surface area contributed by atoms with E-state index in [0.29, 0.717) is 25.2 Å². The van der Waals surface area contributed by atoms with E-state index in [2.05, 4.69) is 10.4 Å². The summed E-state index contributed by atoms with van der Waals surface area (Å²) in [4.78, 5) is 26.6. The number of hydrogen-bond acceptors (Lipinski definition) is 3. The lowest BCUT2D eigenvalue weighted by atomic mass is 10.0. The zero-order valence-electron chi connectivity index (χ0n) is 13.0. The van der Waals surface area contributed by atoms with Crippen LogP contribution in [0.25, 0.3) is 0 Å². The van der Waals surface area contributed by atoms with Crippen molar-refractivity contribution in [3.8, 4) is 0 Å². The van der Waals surface area contributed by atoms with Crippen LogP contribution >= 0.6 is 11.6 Å². The number of benzene rings is 1. The summed E-state index contributed by atoms with van der Waals surface area (Å²) in [5, 5.41) is 7.14. The van der Waals surface area contributed by atoms with Gasteiger partial charge in [0.25, 0.3) is 5.91 Å². The molecule has 3 rings (SSSR count). The molecule has 0 bridgehead atoms. The van der Waals surface area contributed by atoms with Gasteiger partial charge >= 0.3 is 0 Å². The normalized spacial score (nSPS) is 17.7. The molecular weight excluding hydrogens is 335 g/mol. The van der Waals surface area contributed by atoms with Crippen LogP contribution in [0.2, 0.25) is 5.02 Å². The number of aromatic nitrogens is 2. The van der Waals surface area contributed by atoms with Crippen molar-refractivity contribution in [3.63, 3.8) is 0 Å². The van der Waals surface area contributed by atoms with Gasteiger partial charge in [0.2, 0.25) is 5.91 Å². The molecule has 1 N–H and O–H groups in total. The first-order valence-corrected chi connectivity index (χ1v) is 7.96. The van der Waals surface area contributed by atoms with Gasteiger partial charge in [-0.3, -0.25) is 14.3 Å². The highest BCUT2D eigenvalue weighted by Gasteiger charge is 2.36. The van der Waals surface area contributed by atoms with Gasteiger partial charge < -0.3 is 10.2 Å². The number of carbonyl (C=O) groups is 2. The van der Waals surface area contributed by atoms with Crippen LogP contribution in [0.3, 0.4) is 0 Å². The Hall–Kier alpha value is -2.41. The molecular formula is C16H16ClFN4O2. The van der Waals surface area contributed by atoms with Gasteiger partial charge in [-0.2, -0.15) is 5.10 Å². The van der Waals surface area contributed by atoms with Crippen LogP contribution in [0.5, 0.6) is 0 Å². The lowest BCUT2D eigenvalue weighted by Gasteiger charge is -2.35. The molecule has 1 aromatic carbocycles. The van der Waals surface area contributed by atoms with E-state index in [0.717, 1.165) is 0 Å². The van der Waals surface area contributed by atoms with Crippen molar-refractivity contribution < 1.29 is 14.0 Å². The monoisotopic (exact) mass is 350 g/mol. The standard InChI is InChI=1S/C16H16ClFN4O2/c1-2-21-9-12(17)13(20-21)16(24)22-8-7-19-15(23)14(22)10-3-5-11(18)6-4-10/h3-6,9,14H,2,7-8H2,1H3,(H,19,23)/t14-/m0/s1. The third-order valence-corrected chi connectivity index (χ3v) is 4.18. The maximum atomic E-state index is 13.2. The SMILES string of the molecule is CCn1cc(Cl)c(C(=O)N2CCNC(=O)[C@@H]2c2ccc(F)cc2)n1. The molecule has 0 saturated carbocycles. The van der Waals surface area contributed by atoms with Gasteiger partial charge in [-0.25, -0.2) is 4.39 Å². The molecule has 6 nitrogen and oxygen atoms in total. The van der Waals surface area contributed by atoms with Crippen LogP contribution in [0.15, 0.2) is 30.5 Å². The van der Waals surface area contributed by atoms with E-state index in [9.17, 15) is 14.0 Å². The van der Waals surface area contributed by atoms with E-state index in [1.165, 1.54) is 29.2 Å². The average molecular weight is 351 g/mol. The van der Waals surface area contributed by atoms with Crippen LogP contribution in [0.4, 0.5) is 4.39 Å². The number of hydrogen-bond donors (Lipinski definition) is 1. The number of amides is 2. The molecule has 0 aliphatic carbocycles. The van der Waals surface area contributed by atoms with Crippen molar-refractivity contribution in [1.82, 2.24) is 20.0 Å². The van der Waals surface area contributed by atoms with Gasteiger partial charge in [0.15, 0.2) is 5.69 Å². The maximum Gasteiger partial charge on any atom is 0.276 e. The zero-order chi connectivity index (χ0) is 17.3. The third kappa shape index (κ3) is 2.99. The van der Waals surface area contributed by atoms with Gasteiger partial charge in [0, 0.05) is 25.8 Å². The Bertz CT molecular complexity index is 775. The van der Waals surface area contributed by atoms with Crippen molar-refractivity contribution in [1.29, 1.82) is 0 Å². The number of halogens is 2. The largest absolute Gasteiger partial charge is 0.352 e. The zero-order valence-corrected chi connectivity index (χ0v) is 13.8. The molecule has 1 aromatic heterocycles. The van der Waals surface area contributed by atoms with E-state index in [1.54, 1.807) is 10.9 Å². The van der Waals surface area contributed by atoms with Crippen molar-refractivity contribution in [2.75, 3.05) is 13.1 Å². The van der Waals surface area contributed by atoms with Crippen molar-refractivity contribution in [3.05, 3.63) is 52.6 Å². The Balaban J connectivity index is 1.96. The minimum Gasteiger partial charge on any atom is -0.352 e. The lowest BCUT2D eigenvalue weighted by Crippen LogP contribution is -2.52. The van der Waals surface area contributed by atoms with E-state index < -0.39 is 17.8 Å². The average Bonchev–Trinajstić information content (AvgIpc) is 2.96. The minimum atomic E-state index is -0.838. The quantitative estimate of drug-likeness (QED) is 0.920. The van der Waals surface area contributed by atoms with E-state index >= 15 is 0 Å². The summed E-state index contributed by atoms with van der Waals surface area (Å²) in [6.07, 6.45) is 1.58. The summed E-state index contributed by atoms with van der Waals surface area (Å²) in [5.74, 6) is -1.14. The smallest absolute Gasteiger partial charge is 0.276 e. The second-order valence-corrected chi connectivity index (χ2v) is 5.83. The second-order valence-electron chi connectivity index (χ2n) is 5.42. The van der Waals surface area contributed by atoms with Gasteiger partial charge in [0.1, 0.15) is 11.9 Å². The van der Waals surface area contributed by atoms with Crippen LogP contribution in [-0.4, -0.2) is 39.6 Å². The van der Waals surface area contributed by atoms with Gasteiger partial charge in [-0.1, -0.05) is 23.7 Å². The second kappa shape index (κ2) is 6.60. The summed E-state index contributed by atoms with van der Waals surface area (Å²) in [6, 6.07) is 4.68. The Morgan fingerprint density at radius 1 is 1.42 bits per heavy atom. The molecule has 1 aliphatic rings. The molecule has 0 spiro atoms. The van der Waals surface area contributed by atoms with Gasteiger partial charge in [-0.05, 0) is 24.6 Å². The Kier molecular flexibility index (Phi) is 4.53. The number of aryl methyl sites for hydroxylation is 1. The highest BCUT2D eigenvalue weighted by Crippen LogP contribution is 2.27. The van der Waals surface area contributed by atoms with Gasteiger partial charge in [-0.15, -0.1) is 0 Å². The van der Waals surface area contributed by atoms with Crippen LogP contribution < -0.4 is 5.32 Å². The van der Waals surface area contributed by atoms with Crippen molar-refractivity contribution in [2.24, 2.45) is 0 Å². The molecule has 1 atom stereocenters. The summed E-state index contributed by atoms with van der Waals surface area (Å²) in [7, 11) is 0. The predicted octanol–water partition coefficient (Wildman–Crippen LogP) is 2.01. The first kappa shape index (κ1) is 16.4. The molecule has 126 valence electrons. The van der Waals surface area contributed by atoms with Crippen LogP contribution in [0, 0.1) is 5.82 Å². The first-order chi connectivity index (χ1) is 11.5. The molecule has 1 fully saturated rings. The fourth-order valence-electron chi connectivity index (χ4n) is 2.70. The molecule has 2 aromatic rings. The molecule has 2 amide bonds. The van der Waals surface area contributed by atoms with Crippen LogP contribution in [-0.2, 0) is 11.3 Å². The summed E-state index contributed by atoms with van der Waals surface area (Å²) >= 11 is 6.11. The highest BCUT2D eigenvalue weighted by molar-refractivity contribution is 6.33. The summed E-state index contributed by atoms with van der Waals surface area (Å²) < 4.78 is 14.7. The number of piperazine rings is 1. The number of nitrogens with zero attached hydrogens (tertiary/aromatic N) is 3. The number of nitrogens with one attached hydrogen (secondary N) is 1. The Morgan fingerprint density at radius 2 is 2.12 bits per heavy atom. The van der Waals surface area contributed by atoms with Crippen molar-refractivity contribution >= 4 is 23.4 Å². The summed E-state index contributed by atoms with van der Waals surface area (Å²) in [6.45, 7) is 3.12. The molecule has 0 unspecified atom stereocenters. The first-order valence-electron chi connectivity index (χ1n) is 7.58. The Morgan fingerprint density at radius 3 is 2.75 bits per heavy atom. The molecule has 0 radical (unpaired) electrons. The van der Waals surface area contributed by atoms with E-state index in [-0.39, 0.29) is 16.6 Å². The summed E-state index contributed by atoms with van der Waals surface area (Å²) in [5.41, 5.74) is 0.647. The minimum absolute atomic E-state index is 0.111. The fourth-order valence-corrected chi connectivity index (χ4v) is 2.93. The molecule has 2 heterocycles. The van der Waals surface area contributed by atoms with E-state index in [4.69, 9.17) is 11.6 Å². The molecule has 8 heteroatoms.